The van der Waals surface area contributed by atoms with E-state index in [1.807, 2.05) is 18.6 Å². The van der Waals surface area contributed by atoms with Gasteiger partial charge in [0.15, 0.2) is 5.65 Å². The fraction of sp³-hybridized carbons (Fsp3) is 0.450. The Morgan fingerprint density at radius 2 is 1.92 bits per heavy atom. The second kappa shape index (κ2) is 6.68. The molecule has 1 aliphatic heterocycles. The summed E-state index contributed by atoms with van der Waals surface area (Å²) in [6, 6.07) is 4.13. The van der Waals surface area contributed by atoms with E-state index >= 15 is 0 Å². The molecule has 3 aromatic heterocycles. The Hall–Kier alpha value is -2.47. The minimum absolute atomic E-state index is 0.203. The van der Waals surface area contributed by atoms with Crippen LogP contribution in [-0.2, 0) is 11.2 Å². The third-order valence-corrected chi connectivity index (χ3v) is 4.56. The Bertz CT molecular complexity index is 889. The first-order valence-corrected chi connectivity index (χ1v) is 9.12. The van der Waals surface area contributed by atoms with Crippen LogP contribution in [0.15, 0.2) is 30.7 Å². The summed E-state index contributed by atoms with van der Waals surface area (Å²) in [5, 5.41) is 0. The Balaban J connectivity index is 1.62. The molecule has 0 saturated carbocycles. The van der Waals surface area contributed by atoms with Crippen LogP contribution < -0.4 is 4.90 Å². The molecule has 0 spiro atoms. The number of ether oxygens (including phenoxy) is 1. The maximum Gasteiger partial charge on any atom is 0.156 e. The van der Waals surface area contributed by atoms with E-state index < -0.39 is 0 Å². The van der Waals surface area contributed by atoms with Crippen LogP contribution in [0.1, 0.15) is 26.3 Å². The van der Waals surface area contributed by atoms with Gasteiger partial charge in [0, 0.05) is 31.0 Å². The molecule has 4 heterocycles. The molecule has 136 valence electrons. The minimum Gasteiger partial charge on any atom is -0.378 e. The lowest BCUT2D eigenvalue weighted by Crippen LogP contribution is -2.36. The Kier molecular flexibility index (Phi) is 4.36. The zero-order chi connectivity index (χ0) is 18.1. The number of anilines is 1. The van der Waals surface area contributed by atoms with Gasteiger partial charge in [0.25, 0.3) is 0 Å². The molecule has 1 aliphatic rings. The molecule has 0 atom stereocenters. The number of pyridine rings is 1. The first-order chi connectivity index (χ1) is 12.5. The number of rotatable bonds is 3. The lowest BCUT2D eigenvalue weighted by molar-refractivity contribution is 0.122. The maximum atomic E-state index is 5.40. The molecule has 1 N–H and O–H groups in total. The van der Waals surface area contributed by atoms with E-state index in [2.05, 4.69) is 52.8 Å². The molecule has 0 amide bonds. The molecular weight excluding hydrogens is 326 g/mol. The van der Waals surface area contributed by atoms with Crippen LogP contribution in [-0.4, -0.2) is 46.2 Å². The maximum absolute atomic E-state index is 5.40. The van der Waals surface area contributed by atoms with Crippen LogP contribution >= 0.6 is 0 Å². The van der Waals surface area contributed by atoms with Gasteiger partial charge in [-0.15, -0.1) is 0 Å². The van der Waals surface area contributed by atoms with Crippen molar-refractivity contribution in [2.75, 3.05) is 31.2 Å². The fourth-order valence-corrected chi connectivity index (χ4v) is 3.30. The van der Waals surface area contributed by atoms with E-state index in [9.17, 15) is 0 Å². The van der Waals surface area contributed by atoms with Crippen molar-refractivity contribution in [1.82, 2.24) is 19.9 Å². The highest BCUT2D eigenvalue weighted by atomic mass is 16.5. The Labute approximate surface area is 153 Å². The van der Waals surface area contributed by atoms with Crippen molar-refractivity contribution in [3.8, 4) is 11.3 Å². The van der Waals surface area contributed by atoms with Gasteiger partial charge in [0.1, 0.15) is 11.3 Å². The smallest absolute Gasteiger partial charge is 0.156 e. The SMILES string of the molecule is CC(C)(C)Cc1c[nH]c2ncc(-c3ccc(N4CCOCC4)nc3)nc12. The third kappa shape index (κ3) is 3.55. The van der Waals surface area contributed by atoms with Crippen molar-refractivity contribution in [1.29, 1.82) is 0 Å². The Morgan fingerprint density at radius 3 is 2.62 bits per heavy atom. The van der Waals surface area contributed by atoms with Crippen LogP contribution in [0, 0.1) is 5.41 Å². The summed E-state index contributed by atoms with van der Waals surface area (Å²) >= 11 is 0. The van der Waals surface area contributed by atoms with Gasteiger partial charge in [-0.3, -0.25) is 0 Å². The molecular formula is C20H25N5O. The zero-order valence-corrected chi connectivity index (χ0v) is 15.6. The molecule has 6 heteroatoms. The largest absolute Gasteiger partial charge is 0.378 e. The molecule has 0 unspecified atom stereocenters. The second-order valence-corrected chi connectivity index (χ2v) is 8.01. The average molecular weight is 351 g/mol. The number of H-pyrrole nitrogens is 1. The topological polar surface area (TPSA) is 66.9 Å². The molecule has 0 aromatic carbocycles. The quantitative estimate of drug-likeness (QED) is 0.783. The number of aromatic nitrogens is 4. The van der Waals surface area contributed by atoms with Gasteiger partial charge < -0.3 is 14.6 Å². The first kappa shape index (κ1) is 17.0. The second-order valence-electron chi connectivity index (χ2n) is 8.01. The van der Waals surface area contributed by atoms with Crippen molar-refractivity contribution in [3.63, 3.8) is 0 Å². The van der Waals surface area contributed by atoms with E-state index in [1.165, 1.54) is 5.56 Å². The molecule has 0 radical (unpaired) electrons. The van der Waals surface area contributed by atoms with E-state index in [4.69, 9.17) is 9.72 Å². The summed E-state index contributed by atoms with van der Waals surface area (Å²) < 4.78 is 5.40. The number of morpholine rings is 1. The van der Waals surface area contributed by atoms with E-state index in [-0.39, 0.29) is 5.41 Å². The normalized spacial score (nSPS) is 15.6. The van der Waals surface area contributed by atoms with Crippen LogP contribution in [0.25, 0.3) is 22.4 Å². The summed E-state index contributed by atoms with van der Waals surface area (Å²) in [5.41, 5.74) is 5.04. The highest BCUT2D eigenvalue weighted by Crippen LogP contribution is 2.27. The molecule has 3 aromatic rings. The first-order valence-electron chi connectivity index (χ1n) is 9.12. The van der Waals surface area contributed by atoms with Crippen molar-refractivity contribution in [3.05, 3.63) is 36.3 Å². The molecule has 6 nitrogen and oxygen atoms in total. The third-order valence-electron chi connectivity index (χ3n) is 4.56. The Morgan fingerprint density at radius 1 is 1.12 bits per heavy atom. The molecule has 1 saturated heterocycles. The summed E-state index contributed by atoms with van der Waals surface area (Å²) in [7, 11) is 0. The predicted molar refractivity (Wildman–Crippen MR) is 103 cm³/mol. The van der Waals surface area contributed by atoms with Crippen LogP contribution in [0.4, 0.5) is 5.82 Å². The molecule has 0 aliphatic carbocycles. The summed E-state index contributed by atoms with van der Waals surface area (Å²) in [6.45, 7) is 9.99. The lowest BCUT2D eigenvalue weighted by atomic mass is 9.89. The number of nitrogens with one attached hydrogen (secondary N) is 1. The number of hydrogen-bond acceptors (Lipinski definition) is 5. The zero-order valence-electron chi connectivity index (χ0n) is 15.6. The van der Waals surface area contributed by atoms with Gasteiger partial charge in [-0.2, -0.15) is 0 Å². The summed E-state index contributed by atoms with van der Waals surface area (Å²) in [5.74, 6) is 0.987. The van der Waals surface area contributed by atoms with Crippen molar-refractivity contribution in [2.45, 2.75) is 27.2 Å². The van der Waals surface area contributed by atoms with E-state index in [0.717, 1.165) is 61.0 Å². The number of fused-ring (bicyclic) bond motifs is 1. The van der Waals surface area contributed by atoms with Crippen LogP contribution in [0.3, 0.4) is 0 Å². The van der Waals surface area contributed by atoms with E-state index in [1.54, 1.807) is 0 Å². The fourth-order valence-electron chi connectivity index (χ4n) is 3.30. The number of hydrogen-bond donors (Lipinski definition) is 1. The number of aromatic amines is 1. The molecule has 26 heavy (non-hydrogen) atoms. The molecule has 1 fully saturated rings. The molecule has 4 rings (SSSR count). The highest BCUT2D eigenvalue weighted by molar-refractivity contribution is 5.78. The van der Waals surface area contributed by atoms with Gasteiger partial charge in [-0.05, 0) is 29.5 Å². The molecule has 0 bridgehead atoms. The van der Waals surface area contributed by atoms with Gasteiger partial charge in [0.2, 0.25) is 0 Å². The summed E-state index contributed by atoms with van der Waals surface area (Å²) in [4.78, 5) is 19.5. The predicted octanol–water partition coefficient (Wildman–Crippen LogP) is 3.45. The minimum atomic E-state index is 0.203. The van der Waals surface area contributed by atoms with Crippen LogP contribution in [0.5, 0.6) is 0 Å². The standard InChI is InChI=1S/C20H25N5O/c1-20(2,3)10-15-12-22-19-18(15)24-16(13-23-19)14-4-5-17(21-11-14)25-6-8-26-9-7-25/h4-5,11-13H,6-10H2,1-3H3,(H,22,23). The van der Waals surface area contributed by atoms with E-state index in [0.29, 0.717) is 0 Å². The lowest BCUT2D eigenvalue weighted by Gasteiger charge is -2.27. The van der Waals surface area contributed by atoms with Crippen molar-refractivity contribution < 1.29 is 4.74 Å². The van der Waals surface area contributed by atoms with Crippen LogP contribution in [0.2, 0.25) is 0 Å². The highest BCUT2D eigenvalue weighted by Gasteiger charge is 2.17. The monoisotopic (exact) mass is 351 g/mol. The average Bonchev–Trinajstić information content (AvgIpc) is 3.03. The van der Waals surface area contributed by atoms with Gasteiger partial charge in [0.05, 0.1) is 25.1 Å². The van der Waals surface area contributed by atoms with Gasteiger partial charge in [-0.1, -0.05) is 20.8 Å². The van der Waals surface area contributed by atoms with Gasteiger partial charge in [-0.25, -0.2) is 15.0 Å². The number of nitrogens with zero attached hydrogens (tertiary/aromatic N) is 4. The van der Waals surface area contributed by atoms with Crippen molar-refractivity contribution >= 4 is 17.0 Å². The van der Waals surface area contributed by atoms with Crippen molar-refractivity contribution in [2.24, 2.45) is 5.41 Å². The van der Waals surface area contributed by atoms with Gasteiger partial charge >= 0.3 is 0 Å². The summed E-state index contributed by atoms with van der Waals surface area (Å²) in [6.07, 6.45) is 6.68.